The zero-order chi connectivity index (χ0) is 17.8. The normalized spacial score (nSPS) is 11.2. The smallest absolute Gasteiger partial charge is 0.336 e. The Balaban J connectivity index is 1.41. The molecule has 5 heteroatoms. The lowest BCUT2D eigenvalue weighted by atomic mass is 10.1. The summed E-state index contributed by atoms with van der Waals surface area (Å²) in [6.07, 6.45) is 2.34. The average molecular weight is 350 g/mol. The van der Waals surface area contributed by atoms with Crippen molar-refractivity contribution in [3.8, 4) is 5.75 Å². The lowest BCUT2D eigenvalue weighted by molar-refractivity contribution is 0.107. The Hall–Kier alpha value is -3.05. The van der Waals surface area contributed by atoms with Crippen molar-refractivity contribution < 1.29 is 18.3 Å². The summed E-state index contributed by atoms with van der Waals surface area (Å²) in [5.41, 5.74) is 1.83. The molecule has 2 aromatic heterocycles. The fraction of sp³-hybridized carbons (Fsp3) is 0.190. The zero-order valence-electron chi connectivity index (χ0n) is 14.1. The topological polar surface area (TPSA) is 61.8 Å². The van der Waals surface area contributed by atoms with Crippen molar-refractivity contribution in [3.05, 3.63) is 76.8 Å². The fourth-order valence-electron chi connectivity index (χ4n) is 2.87. The summed E-state index contributed by atoms with van der Waals surface area (Å²) in [4.78, 5) is 11.5. The largest absolute Gasteiger partial charge is 0.492 e. The lowest BCUT2D eigenvalue weighted by Gasteiger charge is -2.10. The van der Waals surface area contributed by atoms with Gasteiger partial charge in [-0.25, -0.2) is 4.79 Å². The van der Waals surface area contributed by atoms with E-state index in [1.807, 2.05) is 36.4 Å². The average Bonchev–Trinajstić information content (AvgIpc) is 3.12. The van der Waals surface area contributed by atoms with Crippen LogP contribution >= 0.6 is 0 Å². The highest BCUT2D eigenvalue weighted by Gasteiger charge is 2.13. The molecular weight excluding hydrogens is 332 g/mol. The SMILES string of the molecule is O=c1ccc2c(OCCCOCc3ccccc3)c3ccoc3cc2o1. The number of hydrogen-bond donors (Lipinski definition) is 0. The Bertz CT molecular complexity index is 1060. The van der Waals surface area contributed by atoms with Gasteiger partial charge in [-0.05, 0) is 17.7 Å². The summed E-state index contributed by atoms with van der Waals surface area (Å²) in [5.74, 6) is 0.665. The first-order chi connectivity index (χ1) is 12.8. The molecular formula is C21H18O5. The second-order valence-corrected chi connectivity index (χ2v) is 5.94. The molecule has 0 amide bonds. The van der Waals surface area contributed by atoms with E-state index in [2.05, 4.69) is 0 Å². The molecule has 0 fully saturated rings. The quantitative estimate of drug-likeness (QED) is 0.362. The van der Waals surface area contributed by atoms with Gasteiger partial charge in [-0.15, -0.1) is 0 Å². The number of benzene rings is 2. The molecule has 0 aliphatic carbocycles. The van der Waals surface area contributed by atoms with Gasteiger partial charge < -0.3 is 18.3 Å². The molecule has 0 spiro atoms. The number of rotatable bonds is 7. The highest BCUT2D eigenvalue weighted by molar-refractivity contribution is 6.01. The van der Waals surface area contributed by atoms with Gasteiger partial charge >= 0.3 is 5.63 Å². The third kappa shape index (κ3) is 3.48. The number of ether oxygens (including phenoxy) is 2. The molecule has 4 rings (SSSR count). The molecule has 0 atom stereocenters. The van der Waals surface area contributed by atoms with E-state index in [1.165, 1.54) is 6.07 Å². The Morgan fingerprint density at radius 2 is 1.73 bits per heavy atom. The Morgan fingerprint density at radius 3 is 2.62 bits per heavy atom. The first-order valence-corrected chi connectivity index (χ1v) is 8.50. The van der Waals surface area contributed by atoms with Crippen molar-refractivity contribution in [3.63, 3.8) is 0 Å². The summed E-state index contributed by atoms with van der Waals surface area (Å²) >= 11 is 0. The van der Waals surface area contributed by atoms with Crippen molar-refractivity contribution in [2.75, 3.05) is 13.2 Å². The molecule has 26 heavy (non-hydrogen) atoms. The predicted molar refractivity (Wildman–Crippen MR) is 98.5 cm³/mol. The Kier molecular flexibility index (Phi) is 4.71. The molecule has 0 aliphatic rings. The van der Waals surface area contributed by atoms with Crippen LogP contribution in [-0.4, -0.2) is 13.2 Å². The minimum absolute atomic E-state index is 0.399. The van der Waals surface area contributed by atoms with Crippen LogP contribution < -0.4 is 10.4 Å². The minimum atomic E-state index is -0.399. The second kappa shape index (κ2) is 7.45. The summed E-state index contributed by atoms with van der Waals surface area (Å²) in [6, 6.07) is 16.7. The van der Waals surface area contributed by atoms with Crippen LogP contribution in [0.25, 0.3) is 21.9 Å². The van der Waals surface area contributed by atoms with Crippen molar-refractivity contribution in [1.82, 2.24) is 0 Å². The number of hydrogen-bond acceptors (Lipinski definition) is 5. The van der Waals surface area contributed by atoms with Crippen molar-refractivity contribution in [1.29, 1.82) is 0 Å². The van der Waals surface area contributed by atoms with Gasteiger partial charge in [0.25, 0.3) is 0 Å². The Labute approximate surface area is 149 Å². The van der Waals surface area contributed by atoms with E-state index in [-0.39, 0.29) is 0 Å². The summed E-state index contributed by atoms with van der Waals surface area (Å²) in [6.45, 7) is 1.68. The van der Waals surface area contributed by atoms with Gasteiger partial charge in [0.05, 0.1) is 36.9 Å². The molecule has 132 valence electrons. The monoisotopic (exact) mass is 350 g/mol. The standard InChI is InChI=1S/C21H18O5/c22-20-8-7-16-19(26-20)13-18-17(9-12-24-18)21(16)25-11-4-10-23-14-15-5-2-1-3-6-15/h1-3,5-9,12-13H,4,10-11,14H2. The van der Waals surface area contributed by atoms with Crippen LogP contribution in [0.1, 0.15) is 12.0 Å². The van der Waals surface area contributed by atoms with Crippen LogP contribution in [0, 0.1) is 0 Å². The maximum absolute atomic E-state index is 11.5. The van der Waals surface area contributed by atoms with Gasteiger partial charge in [0.2, 0.25) is 0 Å². The summed E-state index contributed by atoms with van der Waals surface area (Å²) < 4.78 is 22.3. The van der Waals surface area contributed by atoms with E-state index in [0.29, 0.717) is 36.7 Å². The van der Waals surface area contributed by atoms with Crippen molar-refractivity contribution in [2.24, 2.45) is 0 Å². The van der Waals surface area contributed by atoms with Crippen molar-refractivity contribution in [2.45, 2.75) is 13.0 Å². The molecule has 0 saturated heterocycles. The molecule has 0 saturated carbocycles. The van der Waals surface area contributed by atoms with E-state index in [4.69, 9.17) is 18.3 Å². The summed E-state index contributed by atoms with van der Waals surface area (Å²) in [7, 11) is 0. The third-order valence-electron chi connectivity index (χ3n) is 4.10. The summed E-state index contributed by atoms with van der Waals surface area (Å²) in [5, 5.41) is 1.61. The first kappa shape index (κ1) is 16.4. The van der Waals surface area contributed by atoms with Gasteiger partial charge in [0, 0.05) is 18.6 Å². The maximum atomic E-state index is 11.5. The molecule has 0 radical (unpaired) electrons. The highest BCUT2D eigenvalue weighted by Crippen LogP contribution is 2.35. The molecule has 4 aromatic rings. The van der Waals surface area contributed by atoms with Gasteiger partial charge in [0.15, 0.2) is 0 Å². The van der Waals surface area contributed by atoms with E-state index < -0.39 is 5.63 Å². The van der Waals surface area contributed by atoms with Crippen molar-refractivity contribution >= 4 is 21.9 Å². The minimum Gasteiger partial charge on any atom is -0.492 e. The molecule has 5 nitrogen and oxygen atoms in total. The van der Waals surface area contributed by atoms with E-state index in [0.717, 1.165) is 22.8 Å². The zero-order valence-corrected chi connectivity index (χ0v) is 14.1. The maximum Gasteiger partial charge on any atom is 0.336 e. The first-order valence-electron chi connectivity index (χ1n) is 8.50. The van der Waals surface area contributed by atoms with Crippen LogP contribution in [0.2, 0.25) is 0 Å². The van der Waals surface area contributed by atoms with E-state index >= 15 is 0 Å². The second-order valence-electron chi connectivity index (χ2n) is 5.94. The third-order valence-corrected chi connectivity index (χ3v) is 4.10. The van der Waals surface area contributed by atoms with Crippen LogP contribution in [0.3, 0.4) is 0 Å². The van der Waals surface area contributed by atoms with E-state index in [9.17, 15) is 4.79 Å². The van der Waals surface area contributed by atoms with E-state index in [1.54, 1.807) is 18.4 Å². The molecule has 2 heterocycles. The highest BCUT2D eigenvalue weighted by atomic mass is 16.5. The van der Waals surface area contributed by atoms with Crippen LogP contribution in [-0.2, 0) is 11.3 Å². The number of fused-ring (bicyclic) bond motifs is 2. The molecule has 0 bridgehead atoms. The molecule has 0 N–H and O–H groups in total. The Morgan fingerprint density at radius 1 is 0.885 bits per heavy atom. The van der Waals surface area contributed by atoms with Crippen LogP contribution in [0.4, 0.5) is 0 Å². The van der Waals surface area contributed by atoms with Gasteiger partial charge in [0.1, 0.15) is 16.9 Å². The van der Waals surface area contributed by atoms with Gasteiger partial charge in [-0.1, -0.05) is 30.3 Å². The van der Waals surface area contributed by atoms with Gasteiger partial charge in [-0.3, -0.25) is 0 Å². The van der Waals surface area contributed by atoms with Gasteiger partial charge in [-0.2, -0.15) is 0 Å². The molecule has 2 aromatic carbocycles. The molecule has 0 unspecified atom stereocenters. The lowest BCUT2D eigenvalue weighted by Crippen LogP contribution is -2.04. The number of furan rings is 1. The van der Waals surface area contributed by atoms with Crippen LogP contribution in [0.5, 0.6) is 5.75 Å². The van der Waals surface area contributed by atoms with Crippen LogP contribution in [0.15, 0.2) is 74.5 Å². The molecule has 0 aliphatic heterocycles. The fourth-order valence-corrected chi connectivity index (χ4v) is 2.87. The predicted octanol–water partition coefficient (Wildman–Crippen LogP) is 4.52.